The van der Waals surface area contributed by atoms with E-state index in [-0.39, 0.29) is 0 Å². The van der Waals surface area contributed by atoms with Crippen molar-refractivity contribution in [1.82, 2.24) is 4.98 Å². The maximum Gasteiger partial charge on any atom is 0.198 e. The molecule has 1 N–H and O–H groups in total. The smallest absolute Gasteiger partial charge is 0.198 e. The van der Waals surface area contributed by atoms with E-state index >= 15 is 0 Å². The van der Waals surface area contributed by atoms with E-state index in [1.54, 1.807) is 0 Å². The van der Waals surface area contributed by atoms with Gasteiger partial charge in [-0.05, 0) is 18.1 Å². The third-order valence-corrected chi connectivity index (χ3v) is 2.41. The van der Waals surface area contributed by atoms with Crippen molar-refractivity contribution < 1.29 is 4.74 Å². The zero-order valence-electron chi connectivity index (χ0n) is 8.20. The van der Waals surface area contributed by atoms with Gasteiger partial charge in [0.05, 0.1) is 0 Å². The van der Waals surface area contributed by atoms with E-state index in [2.05, 4.69) is 29.6 Å². The molecule has 0 bridgehead atoms. The van der Waals surface area contributed by atoms with Crippen molar-refractivity contribution in [2.75, 3.05) is 0 Å². The normalized spacial score (nSPS) is 20.7. The van der Waals surface area contributed by atoms with E-state index in [1.807, 2.05) is 12.3 Å². The van der Waals surface area contributed by atoms with E-state index < -0.39 is 0 Å². The SMILES string of the molecule is CC(C)[OH+][C@@H]1CCc2cccnc21. The molecule has 0 unspecified atom stereocenters. The van der Waals surface area contributed by atoms with Crippen LogP contribution in [-0.4, -0.2) is 15.8 Å². The van der Waals surface area contributed by atoms with Crippen molar-refractivity contribution >= 4 is 0 Å². The van der Waals surface area contributed by atoms with Crippen LogP contribution in [-0.2, 0) is 6.42 Å². The highest BCUT2D eigenvalue weighted by Gasteiger charge is 2.28. The van der Waals surface area contributed by atoms with Crippen LogP contribution in [0.5, 0.6) is 0 Å². The van der Waals surface area contributed by atoms with Gasteiger partial charge in [0.1, 0.15) is 11.8 Å². The number of aryl methyl sites for hydroxylation is 1. The third kappa shape index (κ3) is 1.73. The number of rotatable bonds is 2. The van der Waals surface area contributed by atoms with E-state index in [0.29, 0.717) is 12.2 Å². The predicted molar refractivity (Wildman–Crippen MR) is 52.7 cm³/mol. The summed E-state index contributed by atoms with van der Waals surface area (Å²) in [6.45, 7) is 4.25. The summed E-state index contributed by atoms with van der Waals surface area (Å²) in [6.07, 6.45) is 4.93. The van der Waals surface area contributed by atoms with Crippen LogP contribution in [0, 0.1) is 0 Å². The maximum atomic E-state index is 4.66. The molecule has 2 nitrogen and oxygen atoms in total. The fourth-order valence-electron chi connectivity index (χ4n) is 1.90. The molecule has 2 rings (SSSR count). The Balaban J connectivity index is 2.18. The molecule has 0 fully saturated rings. The highest BCUT2D eigenvalue weighted by Crippen LogP contribution is 2.30. The molecule has 0 saturated carbocycles. The lowest BCUT2D eigenvalue weighted by atomic mass is 10.2. The summed E-state index contributed by atoms with van der Waals surface area (Å²) >= 11 is 0. The Bertz CT molecular complexity index is 296. The average Bonchev–Trinajstić information content (AvgIpc) is 2.48. The zero-order valence-corrected chi connectivity index (χ0v) is 8.20. The second kappa shape index (κ2) is 3.46. The minimum atomic E-state index is 0.358. The Labute approximate surface area is 78.9 Å². The van der Waals surface area contributed by atoms with Crippen LogP contribution in [0.4, 0.5) is 0 Å². The summed E-state index contributed by atoms with van der Waals surface area (Å²) in [7, 11) is 0. The largest absolute Gasteiger partial charge is 0.425 e. The maximum absolute atomic E-state index is 4.66. The molecule has 1 aliphatic carbocycles. The van der Waals surface area contributed by atoms with Crippen molar-refractivity contribution in [1.29, 1.82) is 0 Å². The van der Waals surface area contributed by atoms with E-state index in [1.165, 1.54) is 11.3 Å². The van der Waals surface area contributed by atoms with Gasteiger partial charge in [0.2, 0.25) is 0 Å². The molecule has 1 heterocycles. The first-order chi connectivity index (χ1) is 6.27. The molecule has 0 saturated heterocycles. The lowest BCUT2D eigenvalue weighted by molar-refractivity contribution is -0.148. The average molecular weight is 178 g/mol. The fourth-order valence-corrected chi connectivity index (χ4v) is 1.90. The number of ether oxygens (including phenoxy) is 1. The monoisotopic (exact) mass is 178 g/mol. The van der Waals surface area contributed by atoms with Gasteiger partial charge in [-0.1, -0.05) is 6.07 Å². The van der Waals surface area contributed by atoms with Gasteiger partial charge in [0, 0.05) is 26.5 Å². The minimum absolute atomic E-state index is 0.358. The first-order valence-corrected chi connectivity index (χ1v) is 4.91. The quantitative estimate of drug-likeness (QED) is 0.636. The number of fused-ring (bicyclic) bond motifs is 1. The van der Waals surface area contributed by atoms with E-state index in [9.17, 15) is 0 Å². The van der Waals surface area contributed by atoms with Crippen LogP contribution in [0.3, 0.4) is 0 Å². The molecule has 2 heteroatoms. The topological polar surface area (TPSA) is 25.7 Å². The highest BCUT2D eigenvalue weighted by atomic mass is 16.5. The van der Waals surface area contributed by atoms with Crippen LogP contribution in [0.1, 0.15) is 37.6 Å². The number of hydrogen-bond acceptors (Lipinski definition) is 1. The van der Waals surface area contributed by atoms with Crippen molar-refractivity contribution in [2.45, 2.75) is 38.9 Å². The lowest BCUT2D eigenvalue weighted by Gasteiger charge is -2.11. The molecule has 13 heavy (non-hydrogen) atoms. The molecule has 0 radical (unpaired) electrons. The molecule has 1 atom stereocenters. The molecule has 1 aliphatic rings. The van der Waals surface area contributed by atoms with Gasteiger partial charge >= 0.3 is 0 Å². The van der Waals surface area contributed by atoms with Crippen molar-refractivity contribution in [3.05, 3.63) is 29.6 Å². The first-order valence-electron chi connectivity index (χ1n) is 4.91. The third-order valence-electron chi connectivity index (χ3n) is 2.41. The fraction of sp³-hybridized carbons (Fsp3) is 0.545. The second-order valence-electron chi connectivity index (χ2n) is 3.85. The van der Waals surface area contributed by atoms with Gasteiger partial charge in [0.25, 0.3) is 0 Å². The van der Waals surface area contributed by atoms with E-state index in [4.69, 9.17) is 0 Å². The molecular weight excluding hydrogens is 162 g/mol. The Hall–Kier alpha value is -0.890. The summed E-state index contributed by atoms with van der Waals surface area (Å²) in [5.74, 6) is 0. The van der Waals surface area contributed by atoms with Gasteiger partial charge in [-0.15, -0.1) is 0 Å². The molecule has 0 aromatic carbocycles. The lowest BCUT2D eigenvalue weighted by Crippen LogP contribution is -2.14. The van der Waals surface area contributed by atoms with Crippen molar-refractivity contribution in [3.8, 4) is 0 Å². The zero-order chi connectivity index (χ0) is 9.26. The van der Waals surface area contributed by atoms with Crippen LogP contribution in [0.2, 0.25) is 0 Å². The first kappa shape index (κ1) is 8.70. The minimum Gasteiger partial charge on any atom is -0.425 e. The Morgan fingerprint density at radius 3 is 3.15 bits per heavy atom. The number of pyridine rings is 1. The molecule has 0 amide bonds. The predicted octanol–water partition coefficient (Wildman–Crippen LogP) is 2.01. The number of aliphatic hydroxyl groups is 2. The van der Waals surface area contributed by atoms with Gasteiger partial charge in [-0.25, -0.2) is 0 Å². The molecule has 70 valence electrons. The van der Waals surface area contributed by atoms with Crippen LogP contribution >= 0.6 is 0 Å². The molecule has 0 spiro atoms. The molecule has 1 aromatic heterocycles. The van der Waals surface area contributed by atoms with Gasteiger partial charge < -0.3 is 4.74 Å². The standard InChI is InChI=1S/C11H15NO/c1-8(2)13-10-6-5-9-4-3-7-12-11(9)10/h3-4,7-8,10H,5-6H2,1-2H3/p+1/t10-/m1/s1. The Morgan fingerprint density at radius 1 is 1.54 bits per heavy atom. The molecular formula is C11H16NO+. The summed E-state index contributed by atoms with van der Waals surface area (Å²) in [6, 6.07) is 4.18. The molecule has 1 aromatic rings. The van der Waals surface area contributed by atoms with Gasteiger partial charge in [0.15, 0.2) is 6.10 Å². The number of hydrogen-bond donors (Lipinski definition) is 0. The summed E-state index contributed by atoms with van der Waals surface area (Å²) in [5, 5.41) is 0. The van der Waals surface area contributed by atoms with Crippen molar-refractivity contribution in [3.63, 3.8) is 0 Å². The van der Waals surface area contributed by atoms with Gasteiger partial charge in [-0.2, -0.15) is 0 Å². The molecule has 0 aliphatic heterocycles. The van der Waals surface area contributed by atoms with Crippen LogP contribution in [0.15, 0.2) is 18.3 Å². The van der Waals surface area contributed by atoms with Crippen molar-refractivity contribution in [2.24, 2.45) is 0 Å². The van der Waals surface area contributed by atoms with Crippen LogP contribution in [0.25, 0.3) is 0 Å². The second-order valence-corrected chi connectivity index (χ2v) is 3.85. The summed E-state index contributed by atoms with van der Waals surface area (Å²) in [4.78, 5) is 4.40. The van der Waals surface area contributed by atoms with E-state index in [0.717, 1.165) is 12.8 Å². The van der Waals surface area contributed by atoms with Gasteiger partial charge in [-0.3, -0.25) is 4.98 Å². The Morgan fingerprint density at radius 2 is 2.38 bits per heavy atom. The number of nitrogens with zero attached hydrogens (tertiary/aromatic N) is 1. The summed E-state index contributed by atoms with van der Waals surface area (Å²) < 4.78 is 4.66. The summed E-state index contributed by atoms with van der Waals surface area (Å²) in [5.41, 5.74) is 2.59. The number of aromatic nitrogens is 1. The van der Waals surface area contributed by atoms with Crippen LogP contribution < -0.4 is 0 Å². The highest BCUT2D eigenvalue weighted by molar-refractivity contribution is 5.26. The Kier molecular flexibility index (Phi) is 2.32.